The standard InChI is InChI=1S/C23H29N7O2/c1-14(2)28-19-10-20(30-9-8-16-11-25-13-27-21(16)30)26-12-18(19)23(32)29-17-6-4-15(5-7-17)22(31)24-3/h8-15,17H,4-7H2,1-3H3,(H,24,31)(H,26,28)(H,29,32). The summed E-state index contributed by atoms with van der Waals surface area (Å²) in [7, 11) is 1.67. The van der Waals surface area contributed by atoms with E-state index in [0.717, 1.165) is 42.4 Å². The molecule has 168 valence electrons. The molecule has 0 unspecified atom stereocenters. The third-order valence-corrected chi connectivity index (χ3v) is 5.85. The second-order valence-electron chi connectivity index (χ2n) is 8.51. The van der Waals surface area contributed by atoms with E-state index < -0.39 is 0 Å². The molecule has 32 heavy (non-hydrogen) atoms. The molecule has 0 spiro atoms. The highest BCUT2D eigenvalue weighted by molar-refractivity contribution is 6.00. The summed E-state index contributed by atoms with van der Waals surface area (Å²) in [6, 6.07) is 4.00. The van der Waals surface area contributed by atoms with Gasteiger partial charge in [0.05, 0.1) is 11.3 Å². The third kappa shape index (κ3) is 4.56. The van der Waals surface area contributed by atoms with Gasteiger partial charge in [-0.05, 0) is 45.6 Å². The van der Waals surface area contributed by atoms with Crippen LogP contribution in [0.5, 0.6) is 0 Å². The summed E-state index contributed by atoms with van der Waals surface area (Å²) in [4.78, 5) is 37.9. The Balaban J connectivity index is 1.54. The van der Waals surface area contributed by atoms with Gasteiger partial charge in [0, 0.05) is 55.1 Å². The summed E-state index contributed by atoms with van der Waals surface area (Å²) < 4.78 is 1.88. The molecule has 2 amide bonds. The number of rotatable bonds is 6. The third-order valence-electron chi connectivity index (χ3n) is 5.85. The van der Waals surface area contributed by atoms with Gasteiger partial charge in [-0.2, -0.15) is 0 Å². The number of nitrogens with one attached hydrogen (secondary N) is 3. The largest absolute Gasteiger partial charge is 0.382 e. The van der Waals surface area contributed by atoms with E-state index in [4.69, 9.17) is 0 Å². The first-order valence-electron chi connectivity index (χ1n) is 11.0. The highest BCUT2D eigenvalue weighted by Gasteiger charge is 2.27. The summed E-state index contributed by atoms with van der Waals surface area (Å²) >= 11 is 0. The molecule has 3 aromatic rings. The van der Waals surface area contributed by atoms with Gasteiger partial charge in [0.2, 0.25) is 5.91 Å². The molecule has 3 heterocycles. The minimum atomic E-state index is -0.157. The zero-order valence-electron chi connectivity index (χ0n) is 18.6. The molecule has 0 aliphatic heterocycles. The number of hydrogen-bond acceptors (Lipinski definition) is 6. The molecule has 0 radical (unpaired) electrons. The SMILES string of the molecule is CNC(=O)C1CCC(NC(=O)c2cnc(-n3ccc4cncnc43)cc2NC(C)C)CC1. The average molecular weight is 436 g/mol. The fraction of sp³-hybridized carbons (Fsp3) is 0.435. The molecule has 9 nitrogen and oxygen atoms in total. The van der Waals surface area contributed by atoms with E-state index in [1.165, 1.54) is 6.33 Å². The van der Waals surface area contributed by atoms with Gasteiger partial charge in [0.1, 0.15) is 17.8 Å². The Morgan fingerprint density at radius 1 is 1.12 bits per heavy atom. The Morgan fingerprint density at radius 2 is 1.91 bits per heavy atom. The quantitative estimate of drug-likeness (QED) is 0.549. The molecule has 0 saturated heterocycles. The molecule has 4 rings (SSSR count). The van der Waals surface area contributed by atoms with Gasteiger partial charge >= 0.3 is 0 Å². The Hall–Kier alpha value is -3.49. The van der Waals surface area contributed by atoms with Crippen LogP contribution in [0.1, 0.15) is 49.9 Å². The first-order chi connectivity index (χ1) is 15.5. The van der Waals surface area contributed by atoms with Crippen LogP contribution in [0.2, 0.25) is 0 Å². The first-order valence-corrected chi connectivity index (χ1v) is 11.0. The van der Waals surface area contributed by atoms with Crippen molar-refractivity contribution in [1.29, 1.82) is 0 Å². The number of nitrogens with zero attached hydrogens (tertiary/aromatic N) is 4. The summed E-state index contributed by atoms with van der Waals surface area (Å²) in [6.07, 6.45) is 9.90. The molecular weight excluding hydrogens is 406 g/mol. The van der Waals surface area contributed by atoms with Crippen LogP contribution in [0.25, 0.3) is 16.9 Å². The molecule has 1 aliphatic carbocycles. The number of pyridine rings is 1. The molecule has 0 aromatic carbocycles. The van der Waals surface area contributed by atoms with Gasteiger partial charge in [-0.25, -0.2) is 15.0 Å². The lowest BCUT2D eigenvalue weighted by Crippen LogP contribution is -2.40. The van der Waals surface area contributed by atoms with E-state index in [1.807, 2.05) is 36.7 Å². The van der Waals surface area contributed by atoms with Crippen molar-refractivity contribution in [3.05, 3.63) is 42.6 Å². The second-order valence-corrected chi connectivity index (χ2v) is 8.51. The van der Waals surface area contributed by atoms with Crippen LogP contribution in [-0.2, 0) is 4.79 Å². The molecule has 3 aromatic heterocycles. The van der Waals surface area contributed by atoms with Crippen molar-refractivity contribution in [3.63, 3.8) is 0 Å². The summed E-state index contributed by atoms with van der Waals surface area (Å²) in [5.74, 6) is 0.632. The molecule has 9 heteroatoms. The number of aromatic nitrogens is 4. The normalized spacial score (nSPS) is 18.5. The van der Waals surface area contributed by atoms with E-state index >= 15 is 0 Å². The maximum atomic E-state index is 13.1. The van der Waals surface area contributed by atoms with E-state index in [0.29, 0.717) is 11.4 Å². The topological polar surface area (TPSA) is 114 Å². The van der Waals surface area contributed by atoms with Crippen molar-refractivity contribution >= 4 is 28.5 Å². The van der Waals surface area contributed by atoms with Crippen molar-refractivity contribution in [2.24, 2.45) is 5.92 Å². The van der Waals surface area contributed by atoms with Gasteiger partial charge in [-0.3, -0.25) is 14.2 Å². The summed E-state index contributed by atoms with van der Waals surface area (Å²) in [5.41, 5.74) is 1.98. The summed E-state index contributed by atoms with van der Waals surface area (Å²) in [5, 5.41) is 10.1. The van der Waals surface area contributed by atoms with Crippen LogP contribution in [0.3, 0.4) is 0 Å². The van der Waals surface area contributed by atoms with Gasteiger partial charge in [0.25, 0.3) is 5.91 Å². The van der Waals surface area contributed by atoms with Crippen molar-refractivity contribution < 1.29 is 9.59 Å². The van der Waals surface area contributed by atoms with Crippen LogP contribution in [0, 0.1) is 5.92 Å². The van der Waals surface area contributed by atoms with Crippen molar-refractivity contribution in [2.45, 2.75) is 51.6 Å². The van der Waals surface area contributed by atoms with Gasteiger partial charge in [0.15, 0.2) is 0 Å². The van der Waals surface area contributed by atoms with Crippen LogP contribution in [-0.4, -0.2) is 50.5 Å². The van der Waals surface area contributed by atoms with Crippen LogP contribution in [0.15, 0.2) is 37.1 Å². The number of amides is 2. The number of fused-ring (bicyclic) bond motifs is 1. The molecule has 3 N–H and O–H groups in total. The lowest BCUT2D eigenvalue weighted by atomic mass is 9.85. The van der Waals surface area contributed by atoms with Gasteiger partial charge in [-0.15, -0.1) is 0 Å². The zero-order valence-corrected chi connectivity index (χ0v) is 18.6. The molecule has 1 saturated carbocycles. The Kier molecular flexibility index (Phi) is 6.34. The number of carbonyl (C=O) groups is 2. The average Bonchev–Trinajstić information content (AvgIpc) is 3.23. The van der Waals surface area contributed by atoms with E-state index in [9.17, 15) is 9.59 Å². The Bertz CT molecular complexity index is 1120. The number of anilines is 1. The molecule has 0 bridgehead atoms. The van der Waals surface area contributed by atoms with Crippen molar-refractivity contribution in [3.8, 4) is 5.82 Å². The minimum absolute atomic E-state index is 0.0347. The number of carbonyl (C=O) groups excluding carboxylic acids is 2. The Morgan fingerprint density at radius 3 is 2.62 bits per heavy atom. The lowest BCUT2D eigenvalue weighted by Gasteiger charge is -2.28. The van der Waals surface area contributed by atoms with E-state index in [1.54, 1.807) is 19.4 Å². The maximum Gasteiger partial charge on any atom is 0.255 e. The second kappa shape index (κ2) is 9.33. The van der Waals surface area contributed by atoms with Gasteiger partial charge in [-0.1, -0.05) is 0 Å². The van der Waals surface area contributed by atoms with Crippen molar-refractivity contribution in [2.75, 3.05) is 12.4 Å². The van der Waals surface area contributed by atoms with Crippen LogP contribution >= 0.6 is 0 Å². The first kappa shape index (κ1) is 21.7. The maximum absolute atomic E-state index is 13.1. The van der Waals surface area contributed by atoms with Gasteiger partial charge < -0.3 is 16.0 Å². The highest BCUT2D eigenvalue weighted by Crippen LogP contribution is 2.26. The highest BCUT2D eigenvalue weighted by atomic mass is 16.2. The zero-order chi connectivity index (χ0) is 22.7. The van der Waals surface area contributed by atoms with Crippen LogP contribution in [0.4, 0.5) is 5.69 Å². The Labute approximate surface area is 187 Å². The molecular formula is C23H29N7O2. The molecule has 0 atom stereocenters. The van der Waals surface area contributed by atoms with E-state index in [2.05, 4.69) is 30.9 Å². The molecule has 1 aliphatic rings. The number of hydrogen-bond donors (Lipinski definition) is 3. The molecule has 1 fully saturated rings. The van der Waals surface area contributed by atoms with Crippen LogP contribution < -0.4 is 16.0 Å². The van der Waals surface area contributed by atoms with Crippen molar-refractivity contribution in [1.82, 2.24) is 30.2 Å². The lowest BCUT2D eigenvalue weighted by molar-refractivity contribution is -0.125. The minimum Gasteiger partial charge on any atom is -0.382 e. The summed E-state index contributed by atoms with van der Waals surface area (Å²) in [6.45, 7) is 4.06. The predicted molar refractivity (Wildman–Crippen MR) is 123 cm³/mol. The fourth-order valence-corrected chi connectivity index (χ4v) is 4.22. The van der Waals surface area contributed by atoms with E-state index in [-0.39, 0.29) is 29.8 Å². The predicted octanol–water partition coefficient (Wildman–Crippen LogP) is 2.67. The monoisotopic (exact) mass is 435 g/mol. The smallest absolute Gasteiger partial charge is 0.255 e. The fourth-order valence-electron chi connectivity index (χ4n) is 4.22.